The van der Waals surface area contributed by atoms with Gasteiger partial charge in [-0.25, -0.2) is 4.98 Å². The number of rotatable bonds is 8. The molecule has 3 aliphatic rings. The van der Waals surface area contributed by atoms with Crippen LogP contribution in [0.25, 0.3) is 11.0 Å². The summed E-state index contributed by atoms with van der Waals surface area (Å²) in [6, 6.07) is 27.0. The van der Waals surface area contributed by atoms with E-state index in [9.17, 15) is 9.90 Å². The number of likely N-dealkylation sites (tertiary alicyclic amines) is 1. The summed E-state index contributed by atoms with van der Waals surface area (Å²) in [6.45, 7) is 8.97. The van der Waals surface area contributed by atoms with Crippen molar-refractivity contribution in [3.8, 4) is 0 Å². The molecule has 7 rings (SSSR count). The molecule has 1 aromatic heterocycles. The number of fused-ring (bicyclic) bond motifs is 3. The molecule has 44 heavy (non-hydrogen) atoms. The number of imidazole rings is 1. The van der Waals surface area contributed by atoms with Crippen LogP contribution in [0.1, 0.15) is 85.1 Å². The van der Waals surface area contributed by atoms with Gasteiger partial charge in [0, 0.05) is 31.2 Å². The molecule has 6 nitrogen and oxygen atoms in total. The summed E-state index contributed by atoms with van der Waals surface area (Å²) in [5.74, 6) is 0.391. The van der Waals surface area contributed by atoms with E-state index in [1.54, 1.807) is 0 Å². The summed E-state index contributed by atoms with van der Waals surface area (Å²) in [4.78, 5) is 22.6. The number of carbonyl (C=O) groups is 1. The Kier molecular flexibility index (Phi) is 7.84. The standard InChI is InChI=1S/C38H46N4O2/c1-26-21-27(2)23-29(22-26)36(37(43)44)40-18-15-38(16-19-40,30-9-5-4-6-10-30)17-20-41-31-13-14-32(41)25-33(24-31)42-28(3)39-34-11-7-8-12-35(34)42/h4-12,21-23,31-33,36H,13-20,24-25H2,1-3H3,(H,43,44). The van der Waals surface area contributed by atoms with E-state index in [1.807, 2.05) is 0 Å². The maximum atomic E-state index is 12.6. The average Bonchev–Trinajstić information content (AvgIpc) is 3.47. The van der Waals surface area contributed by atoms with Gasteiger partial charge in [0.1, 0.15) is 11.9 Å². The number of hydrogen-bond acceptors (Lipinski definition) is 4. The molecule has 3 unspecified atom stereocenters. The Balaban J connectivity index is 1.08. The zero-order chi connectivity index (χ0) is 30.4. The van der Waals surface area contributed by atoms with Gasteiger partial charge in [-0.3, -0.25) is 14.6 Å². The van der Waals surface area contributed by atoms with Crippen LogP contribution >= 0.6 is 0 Å². The molecule has 230 valence electrons. The van der Waals surface area contributed by atoms with Crippen LogP contribution in [-0.2, 0) is 10.2 Å². The third kappa shape index (κ3) is 5.37. The molecule has 0 spiro atoms. The van der Waals surface area contributed by atoms with E-state index in [0.29, 0.717) is 18.1 Å². The van der Waals surface area contributed by atoms with E-state index in [4.69, 9.17) is 4.98 Å². The number of aryl methyl sites for hydroxylation is 3. The SMILES string of the molecule is Cc1cc(C)cc(C(C(=O)O)N2CCC(CCN3C4CCC3CC(n3c(C)nc5ccccc53)C4)(c3ccccc3)CC2)c1. The van der Waals surface area contributed by atoms with E-state index in [0.717, 1.165) is 66.9 Å². The minimum atomic E-state index is -0.748. The maximum Gasteiger partial charge on any atom is 0.325 e. The normalized spacial score (nSPS) is 24.5. The van der Waals surface area contributed by atoms with Crippen LogP contribution in [0.4, 0.5) is 0 Å². The lowest BCUT2D eigenvalue weighted by Gasteiger charge is -2.46. The third-order valence-corrected chi connectivity index (χ3v) is 11.1. The molecule has 3 fully saturated rings. The van der Waals surface area contributed by atoms with Crippen LogP contribution in [0.3, 0.4) is 0 Å². The Morgan fingerprint density at radius 2 is 1.52 bits per heavy atom. The first kappa shape index (κ1) is 29.2. The first-order valence-electron chi connectivity index (χ1n) is 16.6. The Morgan fingerprint density at radius 1 is 0.886 bits per heavy atom. The Bertz CT molecular complexity index is 1600. The van der Waals surface area contributed by atoms with Gasteiger partial charge >= 0.3 is 5.97 Å². The third-order valence-electron chi connectivity index (χ3n) is 11.1. The van der Waals surface area contributed by atoms with Gasteiger partial charge < -0.3 is 9.67 Å². The molecule has 4 heterocycles. The summed E-state index contributed by atoms with van der Waals surface area (Å²) in [7, 11) is 0. The van der Waals surface area contributed by atoms with Gasteiger partial charge in [-0.1, -0.05) is 71.8 Å². The number of carboxylic acid groups (broad SMARTS) is 1. The molecule has 6 heteroatoms. The molecule has 3 aliphatic heterocycles. The van der Waals surface area contributed by atoms with Crippen molar-refractivity contribution in [1.29, 1.82) is 0 Å². The number of aromatic nitrogens is 2. The van der Waals surface area contributed by atoms with Gasteiger partial charge in [0.25, 0.3) is 0 Å². The van der Waals surface area contributed by atoms with Crippen molar-refractivity contribution >= 4 is 17.0 Å². The molecule has 2 bridgehead atoms. The highest BCUT2D eigenvalue weighted by atomic mass is 16.4. The second-order valence-electron chi connectivity index (χ2n) is 13.9. The lowest BCUT2D eigenvalue weighted by molar-refractivity contribution is -0.144. The number of carboxylic acids is 1. The molecule has 3 atom stereocenters. The fourth-order valence-electron chi connectivity index (χ4n) is 9.15. The van der Waals surface area contributed by atoms with E-state index in [1.165, 1.54) is 36.8 Å². The van der Waals surface area contributed by atoms with Crippen molar-refractivity contribution in [2.75, 3.05) is 19.6 Å². The van der Waals surface area contributed by atoms with E-state index < -0.39 is 12.0 Å². The van der Waals surface area contributed by atoms with Gasteiger partial charge in [-0.05, 0) is 101 Å². The monoisotopic (exact) mass is 590 g/mol. The minimum Gasteiger partial charge on any atom is -0.480 e. The van der Waals surface area contributed by atoms with E-state index in [2.05, 4.69) is 108 Å². The Hall–Kier alpha value is -3.48. The summed E-state index contributed by atoms with van der Waals surface area (Å²) in [5, 5.41) is 10.4. The number of para-hydroxylation sites is 2. The van der Waals surface area contributed by atoms with Gasteiger partial charge in [-0.15, -0.1) is 0 Å². The molecular weight excluding hydrogens is 544 g/mol. The summed E-state index contributed by atoms with van der Waals surface area (Å²) in [6.07, 6.45) is 8.05. The van der Waals surface area contributed by atoms with Crippen molar-refractivity contribution in [1.82, 2.24) is 19.4 Å². The van der Waals surface area contributed by atoms with Crippen LogP contribution in [0, 0.1) is 20.8 Å². The molecule has 4 aromatic rings. The molecule has 3 aromatic carbocycles. The van der Waals surface area contributed by atoms with Crippen LogP contribution in [0.2, 0.25) is 0 Å². The van der Waals surface area contributed by atoms with Crippen LogP contribution in [-0.4, -0.2) is 62.1 Å². The van der Waals surface area contributed by atoms with Crippen molar-refractivity contribution in [2.45, 2.75) is 95.3 Å². The smallest absolute Gasteiger partial charge is 0.325 e. The predicted molar refractivity (Wildman–Crippen MR) is 176 cm³/mol. The molecule has 0 amide bonds. The average molecular weight is 591 g/mol. The molecule has 0 saturated carbocycles. The van der Waals surface area contributed by atoms with Crippen LogP contribution < -0.4 is 0 Å². The molecule has 3 saturated heterocycles. The van der Waals surface area contributed by atoms with Gasteiger partial charge in [0.05, 0.1) is 11.0 Å². The molecule has 0 radical (unpaired) electrons. The number of hydrogen-bond donors (Lipinski definition) is 1. The zero-order valence-electron chi connectivity index (χ0n) is 26.5. The Morgan fingerprint density at radius 3 is 2.18 bits per heavy atom. The first-order valence-corrected chi connectivity index (χ1v) is 16.6. The summed E-state index contributed by atoms with van der Waals surface area (Å²) >= 11 is 0. The van der Waals surface area contributed by atoms with E-state index in [-0.39, 0.29) is 5.41 Å². The van der Waals surface area contributed by atoms with Crippen LogP contribution in [0.15, 0.2) is 72.8 Å². The van der Waals surface area contributed by atoms with Crippen LogP contribution in [0.5, 0.6) is 0 Å². The lowest BCUT2D eigenvalue weighted by atomic mass is 9.70. The highest BCUT2D eigenvalue weighted by Gasteiger charge is 2.44. The fourth-order valence-corrected chi connectivity index (χ4v) is 9.15. The lowest BCUT2D eigenvalue weighted by Crippen LogP contribution is -2.49. The molecular formula is C38H46N4O2. The molecule has 0 aliphatic carbocycles. The predicted octanol–water partition coefficient (Wildman–Crippen LogP) is 7.38. The maximum absolute atomic E-state index is 12.6. The Labute approximate surface area is 261 Å². The molecule has 1 N–H and O–H groups in total. The topological polar surface area (TPSA) is 61.6 Å². The second-order valence-corrected chi connectivity index (χ2v) is 13.9. The van der Waals surface area contributed by atoms with Crippen molar-refractivity contribution in [3.63, 3.8) is 0 Å². The van der Waals surface area contributed by atoms with Crippen molar-refractivity contribution in [2.24, 2.45) is 0 Å². The quantitative estimate of drug-likeness (QED) is 0.232. The number of nitrogens with zero attached hydrogens (tertiary/aromatic N) is 4. The zero-order valence-corrected chi connectivity index (χ0v) is 26.5. The number of piperidine rings is 2. The van der Waals surface area contributed by atoms with Crippen molar-refractivity contribution < 1.29 is 9.90 Å². The van der Waals surface area contributed by atoms with Gasteiger partial charge in [0.15, 0.2) is 0 Å². The first-order chi connectivity index (χ1) is 21.3. The van der Waals surface area contributed by atoms with Gasteiger partial charge in [0.2, 0.25) is 0 Å². The summed E-state index contributed by atoms with van der Waals surface area (Å²) < 4.78 is 2.52. The number of benzene rings is 3. The van der Waals surface area contributed by atoms with Crippen molar-refractivity contribution in [3.05, 3.63) is 101 Å². The number of aliphatic carboxylic acids is 1. The minimum absolute atomic E-state index is 0.0662. The van der Waals surface area contributed by atoms with Gasteiger partial charge in [-0.2, -0.15) is 0 Å². The highest BCUT2D eigenvalue weighted by molar-refractivity contribution is 5.76. The highest BCUT2D eigenvalue weighted by Crippen LogP contribution is 2.45. The largest absolute Gasteiger partial charge is 0.480 e. The summed E-state index contributed by atoms with van der Waals surface area (Å²) in [5.41, 5.74) is 7.02. The second kappa shape index (κ2) is 11.8. The fraction of sp³-hybridized carbons (Fsp3) is 0.474. The van der Waals surface area contributed by atoms with E-state index >= 15 is 0 Å².